The molecule has 16 heavy (non-hydrogen) atoms. The topological polar surface area (TPSA) is 23.5 Å². The molecule has 2 rings (SSSR count). The van der Waals surface area contributed by atoms with Crippen molar-refractivity contribution in [3.05, 3.63) is 35.4 Å². The van der Waals surface area contributed by atoms with Crippen LogP contribution in [0, 0.1) is 12.8 Å². The molecule has 0 aliphatic carbocycles. The second kappa shape index (κ2) is 4.98. The van der Waals surface area contributed by atoms with Gasteiger partial charge in [-0.25, -0.2) is 0 Å². The van der Waals surface area contributed by atoms with Crippen molar-refractivity contribution in [2.45, 2.75) is 32.9 Å². The molecule has 1 aliphatic heterocycles. The van der Waals surface area contributed by atoms with E-state index in [0.717, 1.165) is 26.1 Å². The minimum Gasteiger partial charge on any atom is -0.393 e. The summed E-state index contributed by atoms with van der Waals surface area (Å²) in [6.07, 6.45) is 0.807. The molecule has 1 N–H and O–H groups in total. The normalized spacial score (nSPS) is 26.9. The van der Waals surface area contributed by atoms with E-state index in [1.807, 2.05) is 0 Å². The summed E-state index contributed by atoms with van der Waals surface area (Å²) in [7, 11) is 0. The van der Waals surface area contributed by atoms with Gasteiger partial charge in [0.05, 0.1) is 6.10 Å². The molecular weight excluding hydrogens is 198 g/mol. The summed E-state index contributed by atoms with van der Waals surface area (Å²) in [5, 5.41) is 9.67. The molecule has 1 heterocycles. The van der Waals surface area contributed by atoms with Gasteiger partial charge in [-0.15, -0.1) is 0 Å². The molecule has 1 aromatic carbocycles. The Morgan fingerprint density at radius 2 is 2.00 bits per heavy atom. The van der Waals surface area contributed by atoms with Gasteiger partial charge in [-0.05, 0) is 24.8 Å². The van der Waals surface area contributed by atoms with Crippen LogP contribution in [0.5, 0.6) is 0 Å². The molecule has 1 fully saturated rings. The summed E-state index contributed by atoms with van der Waals surface area (Å²) in [5.74, 6) is 0.402. The molecule has 0 spiro atoms. The highest BCUT2D eigenvalue weighted by molar-refractivity contribution is 5.21. The number of benzene rings is 1. The van der Waals surface area contributed by atoms with Crippen molar-refractivity contribution in [1.29, 1.82) is 0 Å². The Labute approximate surface area is 97.9 Å². The number of hydrogen-bond acceptors (Lipinski definition) is 2. The number of likely N-dealkylation sites (tertiary alicyclic amines) is 1. The van der Waals surface area contributed by atoms with E-state index in [2.05, 4.69) is 43.0 Å². The Kier molecular flexibility index (Phi) is 3.62. The summed E-state index contributed by atoms with van der Waals surface area (Å²) in [6.45, 7) is 7.28. The lowest BCUT2D eigenvalue weighted by Gasteiger charge is -2.34. The first-order valence-corrected chi connectivity index (χ1v) is 6.11. The van der Waals surface area contributed by atoms with E-state index in [9.17, 15) is 5.11 Å². The van der Waals surface area contributed by atoms with Crippen molar-refractivity contribution in [3.63, 3.8) is 0 Å². The summed E-state index contributed by atoms with van der Waals surface area (Å²) in [6, 6.07) is 8.73. The molecule has 0 amide bonds. The van der Waals surface area contributed by atoms with E-state index in [0.29, 0.717) is 5.92 Å². The third kappa shape index (κ3) is 2.83. The standard InChI is InChI=1S/C14H21NO/c1-11-3-5-13(6-4-11)10-15-8-7-14(16)12(2)9-15/h3-6,12,14,16H,7-10H2,1-2H3/t12-,14-/m1/s1. The Morgan fingerprint density at radius 1 is 1.31 bits per heavy atom. The summed E-state index contributed by atoms with van der Waals surface area (Å²) in [5.41, 5.74) is 2.68. The maximum Gasteiger partial charge on any atom is 0.0590 e. The maximum atomic E-state index is 9.67. The van der Waals surface area contributed by atoms with Gasteiger partial charge in [0.1, 0.15) is 0 Å². The predicted octanol–water partition coefficient (Wildman–Crippen LogP) is 2.20. The van der Waals surface area contributed by atoms with Gasteiger partial charge in [0.15, 0.2) is 0 Å². The van der Waals surface area contributed by atoms with Crippen molar-refractivity contribution in [2.24, 2.45) is 5.92 Å². The number of aliphatic hydroxyl groups is 1. The molecule has 0 unspecified atom stereocenters. The second-order valence-corrected chi connectivity index (χ2v) is 5.05. The fourth-order valence-electron chi connectivity index (χ4n) is 2.31. The Hall–Kier alpha value is -0.860. The molecule has 88 valence electrons. The number of piperidine rings is 1. The van der Waals surface area contributed by atoms with Crippen LogP contribution in [0.2, 0.25) is 0 Å². The quantitative estimate of drug-likeness (QED) is 0.824. The summed E-state index contributed by atoms with van der Waals surface area (Å²) in [4.78, 5) is 2.43. The number of hydrogen-bond donors (Lipinski definition) is 1. The van der Waals surface area contributed by atoms with Crippen LogP contribution < -0.4 is 0 Å². The first-order chi connectivity index (χ1) is 7.65. The van der Waals surface area contributed by atoms with Crippen molar-refractivity contribution in [3.8, 4) is 0 Å². The second-order valence-electron chi connectivity index (χ2n) is 5.05. The van der Waals surface area contributed by atoms with Gasteiger partial charge in [-0.1, -0.05) is 36.8 Å². The van der Waals surface area contributed by atoms with Gasteiger partial charge in [-0.2, -0.15) is 0 Å². The molecule has 0 bridgehead atoms. The molecule has 2 nitrogen and oxygen atoms in total. The first kappa shape index (κ1) is 11.6. The maximum absolute atomic E-state index is 9.67. The van der Waals surface area contributed by atoms with Gasteiger partial charge >= 0.3 is 0 Å². The van der Waals surface area contributed by atoms with Crippen molar-refractivity contribution in [1.82, 2.24) is 4.90 Å². The van der Waals surface area contributed by atoms with Crippen LogP contribution in [0.15, 0.2) is 24.3 Å². The molecule has 2 heteroatoms. The van der Waals surface area contributed by atoms with Crippen LogP contribution >= 0.6 is 0 Å². The molecule has 0 saturated carbocycles. The molecular formula is C14H21NO. The molecule has 2 atom stereocenters. The van der Waals surface area contributed by atoms with Gasteiger partial charge in [0, 0.05) is 19.6 Å². The van der Waals surface area contributed by atoms with Gasteiger partial charge < -0.3 is 5.11 Å². The third-order valence-corrected chi connectivity index (χ3v) is 3.47. The minimum atomic E-state index is -0.103. The van der Waals surface area contributed by atoms with Crippen molar-refractivity contribution < 1.29 is 5.11 Å². The SMILES string of the molecule is Cc1ccc(CN2CC[C@@H](O)[C@H](C)C2)cc1. The fraction of sp³-hybridized carbons (Fsp3) is 0.571. The lowest BCUT2D eigenvalue weighted by molar-refractivity contribution is 0.0320. The zero-order valence-electron chi connectivity index (χ0n) is 10.2. The third-order valence-electron chi connectivity index (χ3n) is 3.47. The molecule has 1 saturated heterocycles. The largest absolute Gasteiger partial charge is 0.393 e. The van der Waals surface area contributed by atoms with Crippen molar-refractivity contribution >= 4 is 0 Å². The number of aryl methyl sites for hydroxylation is 1. The highest BCUT2D eigenvalue weighted by Gasteiger charge is 2.23. The van der Waals surface area contributed by atoms with Crippen molar-refractivity contribution in [2.75, 3.05) is 13.1 Å². The summed E-state index contributed by atoms with van der Waals surface area (Å²) >= 11 is 0. The van der Waals surface area contributed by atoms with E-state index in [1.54, 1.807) is 0 Å². The predicted molar refractivity (Wildman–Crippen MR) is 66.2 cm³/mol. The van der Waals surface area contributed by atoms with E-state index >= 15 is 0 Å². The van der Waals surface area contributed by atoms with Crippen LogP contribution in [-0.4, -0.2) is 29.2 Å². The summed E-state index contributed by atoms with van der Waals surface area (Å²) < 4.78 is 0. The average molecular weight is 219 g/mol. The van der Waals surface area contributed by atoms with Gasteiger partial charge in [0.25, 0.3) is 0 Å². The lowest BCUT2D eigenvalue weighted by Crippen LogP contribution is -2.41. The smallest absolute Gasteiger partial charge is 0.0590 e. The average Bonchev–Trinajstić information content (AvgIpc) is 2.27. The number of aliphatic hydroxyl groups excluding tert-OH is 1. The van der Waals surface area contributed by atoms with Crippen LogP contribution in [0.4, 0.5) is 0 Å². The highest BCUT2D eigenvalue weighted by atomic mass is 16.3. The number of rotatable bonds is 2. The van der Waals surface area contributed by atoms with Crippen LogP contribution in [-0.2, 0) is 6.54 Å². The van der Waals surface area contributed by atoms with Gasteiger partial charge in [-0.3, -0.25) is 4.90 Å². The van der Waals surface area contributed by atoms with E-state index in [-0.39, 0.29) is 6.10 Å². The van der Waals surface area contributed by atoms with E-state index in [1.165, 1.54) is 11.1 Å². The van der Waals surface area contributed by atoms with Crippen LogP contribution in [0.3, 0.4) is 0 Å². The van der Waals surface area contributed by atoms with E-state index in [4.69, 9.17) is 0 Å². The minimum absolute atomic E-state index is 0.103. The zero-order valence-corrected chi connectivity index (χ0v) is 10.2. The highest BCUT2D eigenvalue weighted by Crippen LogP contribution is 2.18. The number of nitrogens with zero attached hydrogens (tertiary/aromatic N) is 1. The Morgan fingerprint density at radius 3 is 2.62 bits per heavy atom. The van der Waals surface area contributed by atoms with E-state index < -0.39 is 0 Å². The fourth-order valence-corrected chi connectivity index (χ4v) is 2.31. The Balaban J connectivity index is 1.93. The zero-order chi connectivity index (χ0) is 11.5. The monoisotopic (exact) mass is 219 g/mol. The first-order valence-electron chi connectivity index (χ1n) is 6.11. The lowest BCUT2D eigenvalue weighted by atomic mass is 9.96. The molecule has 1 aliphatic rings. The molecule has 1 aromatic rings. The molecule has 0 radical (unpaired) electrons. The molecule has 0 aromatic heterocycles. The Bertz CT molecular complexity index is 333. The van der Waals surface area contributed by atoms with Crippen LogP contribution in [0.1, 0.15) is 24.5 Å². The van der Waals surface area contributed by atoms with Gasteiger partial charge in [0.2, 0.25) is 0 Å². The van der Waals surface area contributed by atoms with Crippen LogP contribution in [0.25, 0.3) is 0 Å².